The minimum Gasteiger partial charge on any atom is -0.493 e. The number of benzene rings is 1. The highest BCUT2D eigenvalue weighted by atomic mass is 32.2. The SMILES string of the molecule is CC(C)c1c(O)nc(-n2ccnc2)nc1-c1ccc(CNS(C)(=O)=O)cc1. The summed E-state index contributed by atoms with van der Waals surface area (Å²) >= 11 is 0. The number of nitrogens with zero attached hydrogens (tertiary/aromatic N) is 4. The van der Waals surface area contributed by atoms with Crippen LogP contribution in [0.5, 0.6) is 5.88 Å². The Kier molecular flexibility index (Phi) is 5.24. The van der Waals surface area contributed by atoms with E-state index in [9.17, 15) is 13.5 Å². The van der Waals surface area contributed by atoms with Crippen molar-refractivity contribution in [3.63, 3.8) is 0 Å². The van der Waals surface area contributed by atoms with Crippen LogP contribution >= 0.6 is 0 Å². The summed E-state index contributed by atoms with van der Waals surface area (Å²) < 4.78 is 26.6. The van der Waals surface area contributed by atoms with Gasteiger partial charge in [-0.3, -0.25) is 4.57 Å². The molecule has 0 saturated carbocycles. The normalized spacial score (nSPS) is 11.9. The van der Waals surface area contributed by atoms with Gasteiger partial charge in [0, 0.05) is 30.1 Å². The molecular formula is C18H21N5O3S. The molecule has 27 heavy (non-hydrogen) atoms. The van der Waals surface area contributed by atoms with Crippen LogP contribution in [0.3, 0.4) is 0 Å². The van der Waals surface area contributed by atoms with Gasteiger partial charge in [-0.2, -0.15) is 4.98 Å². The molecule has 2 aromatic heterocycles. The first kappa shape index (κ1) is 19.0. The van der Waals surface area contributed by atoms with E-state index in [0.29, 0.717) is 17.2 Å². The van der Waals surface area contributed by atoms with E-state index in [4.69, 9.17) is 0 Å². The van der Waals surface area contributed by atoms with E-state index in [1.807, 2.05) is 38.1 Å². The van der Waals surface area contributed by atoms with Gasteiger partial charge in [0.25, 0.3) is 0 Å². The van der Waals surface area contributed by atoms with Gasteiger partial charge in [0.15, 0.2) is 0 Å². The number of aromatic nitrogens is 4. The van der Waals surface area contributed by atoms with Crippen LogP contribution in [-0.2, 0) is 16.6 Å². The first-order valence-electron chi connectivity index (χ1n) is 8.38. The molecule has 0 saturated heterocycles. The van der Waals surface area contributed by atoms with E-state index in [1.54, 1.807) is 23.3 Å². The van der Waals surface area contributed by atoms with Crippen LogP contribution in [0.15, 0.2) is 43.0 Å². The Bertz CT molecular complexity index is 1030. The summed E-state index contributed by atoms with van der Waals surface area (Å²) in [6, 6.07) is 7.36. The maximum Gasteiger partial charge on any atom is 0.238 e. The van der Waals surface area contributed by atoms with Gasteiger partial charge < -0.3 is 5.11 Å². The average molecular weight is 387 g/mol. The lowest BCUT2D eigenvalue weighted by Crippen LogP contribution is -2.21. The number of hydrogen-bond acceptors (Lipinski definition) is 6. The summed E-state index contributed by atoms with van der Waals surface area (Å²) in [4.78, 5) is 12.8. The van der Waals surface area contributed by atoms with Crippen molar-refractivity contribution < 1.29 is 13.5 Å². The monoisotopic (exact) mass is 387 g/mol. The summed E-state index contributed by atoms with van der Waals surface area (Å²) in [5, 5.41) is 10.5. The molecule has 3 rings (SSSR count). The molecule has 0 atom stereocenters. The van der Waals surface area contributed by atoms with Crippen LogP contribution in [0.2, 0.25) is 0 Å². The Morgan fingerprint density at radius 1 is 1.19 bits per heavy atom. The highest BCUT2D eigenvalue weighted by molar-refractivity contribution is 7.88. The fourth-order valence-electron chi connectivity index (χ4n) is 2.69. The molecule has 1 aromatic carbocycles. The highest BCUT2D eigenvalue weighted by Crippen LogP contribution is 2.34. The van der Waals surface area contributed by atoms with Crippen LogP contribution in [0.25, 0.3) is 17.2 Å². The summed E-state index contributed by atoms with van der Waals surface area (Å²) in [7, 11) is -3.25. The van der Waals surface area contributed by atoms with Crippen molar-refractivity contribution in [2.45, 2.75) is 26.3 Å². The van der Waals surface area contributed by atoms with Crippen molar-refractivity contribution in [2.24, 2.45) is 0 Å². The first-order chi connectivity index (χ1) is 12.7. The zero-order valence-electron chi connectivity index (χ0n) is 15.3. The zero-order valence-corrected chi connectivity index (χ0v) is 16.1. The predicted molar refractivity (Wildman–Crippen MR) is 102 cm³/mol. The van der Waals surface area contributed by atoms with E-state index in [2.05, 4.69) is 19.7 Å². The number of rotatable bonds is 6. The maximum atomic E-state index is 11.2. The van der Waals surface area contributed by atoms with Crippen molar-refractivity contribution in [3.05, 3.63) is 54.1 Å². The molecule has 0 aliphatic heterocycles. The molecule has 0 unspecified atom stereocenters. The molecule has 142 valence electrons. The second kappa shape index (κ2) is 7.45. The zero-order chi connectivity index (χ0) is 19.6. The molecule has 8 nitrogen and oxygen atoms in total. The molecule has 3 aromatic rings. The second-order valence-electron chi connectivity index (χ2n) is 6.52. The standard InChI is InChI=1S/C18H21N5O3S/c1-12(2)15-16(21-18(22-17(15)24)23-9-8-19-11-23)14-6-4-13(5-7-14)10-20-27(3,25)26/h4-9,11-12,20H,10H2,1-3H3,(H,21,22,24). The summed E-state index contributed by atoms with van der Waals surface area (Å²) in [5.41, 5.74) is 2.91. The third-order valence-electron chi connectivity index (χ3n) is 3.99. The number of aromatic hydroxyl groups is 1. The second-order valence-corrected chi connectivity index (χ2v) is 8.36. The summed E-state index contributed by atoms with van der Waals surface area (Å²) in [5.74, 6) is 0.275. The van der Waals surface area contributed by atoms with Crippen LogP contribution in [0.4, 0.5) is 0 Å². The molecule has 0 spiro atoms. The number of imidazole rings is 1. The largest absolute Gasteiger partial charge is 0.493 e. The van der Waals surface area contributed by atoms with Gasteiger partial charge in [-0.05, 0) is 11.5 Å². The van der Waals surface area contributed by atoms with Crippen LogP contribution < -0.4 is 4.72 Å². The quantitative estimate of drug-likeness (QED) is 0.671. The third kappa shape index (κ3) is 4.50. The minimum atomic E-state index is -3.25. The third-order valence-corrected chi connectivity index (χ3v) is 4.66. The molecule has 0 fully saturated rings. The summed E-state index contributed by atoms with van der Waals surface area (Å²) in [6.45, 7) is 4.14. The van der Waals surface area contributed by atoms with Crippen molar-refractivity contribution >= 4 is 10.0 Å². The van der Waals surface area contributed by atoms with Crippen LogP contribution in [0, 0.1) is 0 Å². The molecule has 0 radical (unpaired) electrons. The first-order valence-corrected chi connectivity index (χ1v) is 10.3. The molecule has 2 heterocycles. The van der Waals surface area contributed by atoms with Gasteiger partial charge in [0.05, 0.1) is 11.9 Å². The highest BCUT2D eigenvalue weighted by Gasteiger charge is 2.19. The number of hydrogen-bond donors (Lipinski definition) is 2. The van der Waals surface area contributed by atoms with Gasteiger partial charge in [-0.25, -0.2) is 23.1 Å². The molecule has 0 aliphatic rings. The van der Waals surface area contributed by atoms with E-state index in [-0.39, 0.29) is 18.3 Å². The van der Waals surface area contributed by atoms with Crippen LogP contribution in [-0.4, -0.2) is 39.3 Å². The van der Waals surface area contributed by atoms with Crippen LogP contribution in [0.1, 0.15) is 30.9 Å². The number of nitrogens with one attached hydrogen (secondary N) is 1. The lowest BCUT2D eigenvalue weighted by molar-refractivity contribution is 0.440. The van der Waals surface area contributed by atoms with Gasteiger partial charge in [-0.1, -0.05) is 38.1 Å². The Morgan fingerprint density at radius 3 is 2.44 bits per heavy atom. The fourth-order valence-corrected chi connectivity index (χ4v) is 3.11. The number of sulfonamides is 1. The van der Waals surface area contributed by atoms with E-state index < -0.39 is 10.0 Å². The molecule has 9 heteroatoms. The predicted octanol–water partition coefficient (Wildman–Crippen LogP) is 2.21. The molecule has 2 N–H and O–H groups in total. The lowest BCUT2D eigenvalue weighted by Gasteiger charge is -2.15. The van der Waals surface area contributed by atoms with Gasteiger partial charge in [-0.15, -0.1) is 0 Å². The van der Waals surface area contributed by atoms with Crippen molar-refractivity contribution in [3.8, 4) is 23.1 Å². The Labute approximate surface area is 158 Å². The molecule has 0 bridgehead atoms. The van der Waals surface area contributed by atoms with Gasteiger partial charge in [0.2, 0.25) is 21.9 Å². The Hall–Kier alpha value is -2.78. The smallest absolute Gasteiger partial charge is 0.238 e. The topological polar surface area (TPSA) is 110 Å². The fraction of sp³-hybridized carbons (Fsp3) is 0.278. The average Bonchev–Trinajstić information content (AvgIpc) is 3.13. The van der Waals surface area contributed by atoms with Crippen molar-refractivity contribution in [1.82, 2.24) is 24.2 Å². The molecule has 0 aliphatic carbocycles. The molecule has 0 amide bonds. The minimum absolute atomic E-state index is 0.0171. The van der Waals surface area contributed by atoms with E-state index >= 15 is 0 Å². The van der Waals surface area contributed by atoms with Gasteiger partial charge in [0.1, 0.15) is 6.33 Å². The molecular weight excluding hydrogens is 366 g/mol. The van der Waals surface area contributed by atoms with Gasteiger partial charge >= 0.3 is 0 Å². The summed E-state index contributed by atoms with van der Waals surface area (Å²) in [6.07, 6.45) is 6.00. The van der Waals surface area contributed by atoms with E-state index in [0.717, 1.165) is 17.4 Å². The van der Waals surface area contributed by atoms with Crippen molar-refractivity contribution in [1.29, 1.82) is 0 Å². The van der Waals surface area contributed by atoms with Crippen molar-refractivity contribution in [2.75, 3.05) is 6.26 Å². The van der Waals surface area contributed by atoms with E-state index in [1.165, 1.54) is 0 Å². The Balaban J connectivity index is 2.01. The Morgan fingerprint density at radius 2 is 1.89 bits per heavy atom. The lowest BCUT2D eigenvalue weighted by atomic mass is 9.97. The maximum absolute atomic E-state index is 11.2.